The number of fused-ring (bicyclic) bond motifs is 11. The Balaban J connectivity index is 1.64. The summed E-state index contributed by atoms with van der Waals surface area (Å²) < 4.78 is 0. The zero-order valence-electron chi connectivity index (χ0n) is 11.4. The van der Waals surface area contributed by atoms with Crippen LogP contribution in [0.5, 0.6) is 0 Å². The molecule has 0 nitrogen and oxygen atoms in total. The van der Waals surface area contributed by atoms with Crippen LogP contribution in [-0.2, 0) is 0 Å². The van der Waals surface area contributed by atoms with Gasteiger partial charge in [-0.2, -0.15) is 0 Å². The molecule has 94 valence electrons. The minimum Gasteiger partial charge on any atom is -0.0689 e. The fraction of sp³-hybridized carbons (Fsp3) is 1.00. The van der Waals surface area contributed by atoms with Crippen molar-refractivity contribution in [1.82, 2.24) is 0 Å². The first-order valence-corrected chi connectivity index (χ1v) is 11.3. The second-order valence-electron chi connectivity index (χ2n) is 8.69. The molecule has 1 saturated heterocycles. The Bertz CT molecular complexity index is 340. The molecule has 0 radical (unpaired) electrons. The third-order valence-corrected chi connectivity index (χ3v) is 13.3. The Labute approximate surface area is 107 Å². The molecule has 0 aromatic heterocycles. The monoisotopic (exact) mass is 246 g/mol. The quantitative estimate of drug-likeness (QED) is 0.550. The third kappa shape index (κ3) is 0.967. The Kier molecular flexibility index (Phi) is 1.69. The van der Waals surface area contributed by atoms with Crippen molar-refractivity contribution >= 4 is 8.07 Å². The standard InChI is InChI=1S/C16H26Si/c1-17(2)15-11-5-3-9(7-11)13(15)14-10-4-6-12(8-10)16(14)17/h9-16H,3-8H2,1-2H3/t9-,10-,11+,12+,13-,14-,15-,16-/m1/s1. The van der Waals surface area contributed by atoms with Crippen molar-refractivity contribution in [1.29, 1.82) is 0 Å². The van der Waals surface area contributed by atoms with Gasteiger partial charge in [-0.05, 0) is 72.3 Å². The highest BCUT2D eigenvalue weighted by Crippen LogP contribution is 2.77. The van der Waals surface area contributed by atoms with Crippen LogP contribution in [0, 0.1) is 35.5 Å². The Morgan fingerprint density at radius 1 is 0.647 bits per heavy atom. The van der Waals surface area contributed by atoms with Crippen LogP contribution in [0.4, 0.5) is 0 Å². The average Bonchev–Trinajstić information content (AvgIpc) is 3.02. The van der Waals surface area contributed by atoms with Crippen molar-refractivity contribution in [2.75, 3.05) is 0 Å². The highest BCUT2D eigenvalue weighted by molar-refractivity contribution is 6.81. The number of hydrogen-bond acceptors (Lipinski definition) is 0. The van der Waals surface area contributed by atoms with Gasteiger partial charge in [-0.25, -0.2) is 0 Å². The van der Waals surface area contributed by atoms with Gasteiger partial charge in [0, 0.05) is 0 Å². The second kappa shape index (κ2) is 2.86. The minimum atomic E-state index is -0.907. The molecule has 8 atom stereocenters. The fourth-order valence-corrected chi connectivity index (χ4v) is 14.7. The van der Waals surface area contributed by atoms with Crippen LogP contribution in [0.25, 0.3) is 0 Å². The van der Waals surface area contributed by atoms with E-state index in [-0.39, 0.29) is 0 Å². The molecule has 1 heterocycles. The van der Waals surface area contributed by atoms with Crippen molar-refractivity contribution in [3.8, 4) is 0 Å². The smallest absolute Gasteiger partial charge is 0.0547 e. The first-order valence-electron chi connectivity index (χ1n) is 8.18. The predicted octanol–water partition coefficient (Wildman–Crippen LogP) is 4.54. The summed E-state index contributed by atoms with van der Waals surface area (Å²) >= 11 is 0. The zero-order valence-corrected chi connectivity index (χ0v) is 12.4. The molecule has 0 spiro atoms. The highest BCUT2D eigenvalue weighted by atomic mass is 28.3. The van der Waals surface area contributed by atoms with Gasteiger partial charge in [-0.1, -0.05) is 25.9 Å². The van der Waals surface area contributed by atoms with Crippen molar-refractivity contribution in [3.63, 3.8) is 0 Å². The summed E-state index contributed by atoms with van der Waals surface area (Å²) in [5.74, 6) is 7.30. The molecule has 4 aliphatic carbocycles. The molecule has 5 aliphatic rings. The van der Waals surface area contributed by atoms with Gasteiger partial charge in [-0.3, -0.25) is 0 Å². The van der Waals surface area contributed by atoms with E-state index in [2.05, 4.69) is 13.1 Å². The van der Waals surface area contributed by atoms with E-state index >= 15 is 0 Å². The highest BCUT2D eigenvalue weighted by Gasteiger charge is 2.70. The maximum absolute atomic E-state index is 2.80. The lowest BCUT2D eigenvalue weighted by atomic mass is 9.72. The summed E-state index contributed by atoms with van der Waals surface area (Å²) in [4.78, 5) is 0. The lowest BCUT2D eigenvalue weighted by Gasteiger charge is -2.37. The molecule has 0 N–H and O–H groups in total. The first-order chi connectivity index (χ1) is 8.18. The van der Waals surface area contributed by atoms with Gasteiger partial charge in [0.15, 0.2) is 0 Å². The number of rotatable bonds is 0. The van der Waals surface area contributed by atoms with Crippen LogP contribution in [0.2, 0.25) is 24.2 Å². The van der Waals surface area contributed by atoms with Crippen molar-refractivity contribution in [2.24, 2.45) is 35.5 Å². The van der Waals surface area contributed by atoms with E-state index in [1.54, 1.807) is 38.5 Å². The van der Waals surface area contributed by atoms with Crippen LogP contribution in [-0.4, -0.2) is 8.07 Å². The topological polar surface area (TPSA) is 0 Å². The van der Waals surface area contributed by atoms with E-state index in [1.807, 2.05) is 0 Å². The lowest BCUT2D eigenvalue weighted by Crippen LogP contribution is -2.38. The lowest BCUT2D eigenvalue weighted by molar-refractivity contribution is 0.188. The molecule has 0 aromatic rings. The van der Waals surface area contributed by atoms with Crippen LogP contribution in [0.3, 0.4) is 0 Å². The maximum Gasteiger partial charge on any atom is 0.0547 e. The van der Waals surface area contributed by atoms with E-state index in [0.717, 1.165) is 0 Å². The normalized spacial score (nSPS) is 65.3. The van der Waals surface area contributed by atoms with Gasteiger partial charge in [-0.15, -0.1) is 0 Å². The molecule has 0 aromatic carbocycles. The van der Waals surface area contributed by atoms with Crippen molar-refractivity contribution in [2.45, 2.75) is 62.7 Å². The molecular formula is C16H26Si. The summed E-state index contributed by atoms with van der Waals surface area (Å²) in [6, 6.07) is 0. The molecule has 5 rings (SSSR count). The summed E-state index contributed by atoms with van der Waals surface area (Å²) in [6.07, 6.45) is 9.81. The molecule has 1 heteroatoms. The van der Waals surface area contributed by atoms with Gasteiger partial charge in [0.2, 0.25) is 0 Å². The minimum absolute atomic E-state index is 0.907. The van der Waals surface area contributed by atoms with Gasteiger partial charge >= 0.3 is 0 Å². The zero-order chi connectivity index (χ0) is 11.4. The van der Waals surface area contributed by atoms with Crippen LogP contribution in [0.1, 0.15) is 38.5 Å². The van der Waals surface area contributed by atoms with E-state index in [4.69, 9.17) is 0 Å². The molecule has 4 bridgehead atoms. The van der Waals surface area contributed by atoms with E-state index in [1.165, 1.54) is 46.6 Å². The summed E-state index contributed by atoms with van der Waals surface area (Å²) in [5.41, 5.74) is 2.55. The summed E-state index contributed by atoms with van der Waals surface area (Å²) in [5, 5.41) is 0. The van der Waals surface area contributed by atoms with Crippen LogP contribution < -0.4 is 0 Å². The molecular weight excluding hydrogens is 220 g/mol. The van der Waals surface area contributed by atoms with E-state index in [9.17, 15) is 0 Å². The van der Waals surface area contributed by atoms with Gasteiger partial charge in [0.1, 0.15) is 0 Å². The Morgan fingerprint density at radius 3 is 1.53 bits per heavy atom. The second-order valence-corrected chi connectivity index (χ2v) is 13.7. The largest absolute Gasteiger partial charge is 0.0689 e. The van der Waals surface area contributed by atoms with Gasteiger partial charge in [0.05, 0.1) is 8.07 Å². The first kappa shape index (κ1) is 10.1. The van der Waals surface area contributed by atoms with Gasteiger partial charge < -0.3 is 0 Å². The maximum atomic E-state index is 2.80. The average molecular weight is 246 g/mol. The summed E-state index contributed by atoms with van der Waals surface area (Å²) in [7, 11) is -0.907. The van der Waals surface area contributed by atoms with Crippen molar-refractivity contribution < 1.29 is 0 Å². The molecule has 4 saturated carbocycles. The predicted molar refractivity (Wildman–Crippen MR) is 73.6 cm³/mol. The van der Waals surface area contributed by atoms with Crippen LogP contribution >= 0.6 is 0 Å². The fourth-order valence-electron chi connectivity index (χ4n) is 8.21. The molecule has 0 unspecified atom stereocenters. The Morgan fingerprint density at radius 2 is 1.06 bits per heavy atom. The van der Waals surface area contributed by atoms with Crippen molar-refractivity contribution in [3.05, 3.63) is 0 Å². The SMILES string of the molecule is C[Si]1(C)[C@@H]2[C@H]3CC[C@H](C3)[C@@H]2[C@H]2[C@@H]3CC[C@@H](C3)[C@H]21. The molecule has 5 fully saturated rings. The molecule has 17 heavy (non-hydrogen) atoms. The summed E-state index contributed by atoms with van der Waals surface area (Å²) in [6.45, 7) is 5.60. The Hall–Kier alpha value is 0.217. The van der Waals surface area contributed by atoms with E-state index < -0.39 is 8.07 Å². The van der Waals surface area contributed by atoms with E-state index in [0.29, 0.717) is 0 Å². The number of hydrogen-bond donors (Lipinski definition) is 0. The molecule has 0 amide bonds. The molecule has 1 aliphatic heterocycles. The van der Waals surface area contributed by atoms with Crippen LogP contribution in [0.15, 0.2) is 0 Å². The third-order valence-electron chi connectivity index (χ3n) is 8.12. The van der Waals surface area contributed by atoms with Gasteiger partial charge in [0.25, 0.3) is 0 Å².